The molecule has 0 aliphatic carbocycles. The molecule has 1 aromatic rings. The third-order valence-corrected chi connectivity index (χ3v) is 4.79. The first-order valence-electron chi connectivity index (χ1n) is 6.27. The van der Waals surface area contributed by atoms with Crippen molar-refractivity contribution in [3.05, 3.63) is 39.7 Å². The van der Waals surface area contributed by atoms with Crippen molar-refractivity contribution in [2.75, 3.05) is 13.1 Å². The van der Waals surface area contributed by atoms with Gasteiger partial charge in [-0.3, -0.25) is 14.9 Å². The molecule has 2 unspecified atom stereocenters. The molecule has 0 N–H and O–H groups in total. The van der Waals surface area contributed by atoms with Gasteiger partial charge in [0, 0.05) is 29.5 Å². The molecule has 2 rings (SSSR count). The van der Waals surface area contributed by atoms with Crippen LogP contribution >= 0.6 is 15.9 Å². The molecule has 1 amide bonds. The summed E-state index contributed by atoms with van der Waals surface area (Å²) < 4.78 is 13.4. The second-order valence-electron chi connectivity index (χ2n) is 4.99. The molecule has 20 heavy (non-hydrogen) atoms. The quantitative estimate of drug-likeness (QED) is 0.470. The lowest BCUT2D eigenvalue weighted by Gasteiger charge is -2.34. The van der Waals surface area contributed by atoms with Crippen molar-refractivity contribution in [3.63, 3.8) is 0 Å². The zero-order valence-corrected chi connectivity index (χ0v) is 12.5. The second-order valence-corrected chi connectivity index (χ2v) is 6.16. The molecule has 1 heterocycles. The van der Waals surface area contributed by atoms with Gasteiger partial charge in [-0.05, 0) is 18.4 Å². The van der Waals surface area contributed by atoms with Gasteiger partial charge in [-0.2, -0.15) is 0 Å². The molecule has 1 aromatic carbocycles. The molecule has 1 aliphatic heterocycles. The minimum Gasteiger partial charge on any atom is -0.338 e. The minimum absolute atomic E-state index is 0.0249. The van der Waals surface area contributed by atoms with Crippen molar-refractivity contribution < 1.29 is 14.1 Å². The van der Waals surface area contributed by atoms with Gasteiger partial charge in [0.1, 0.15) is 5.82 Å². The van der Waals surface area contributed by atoms with E-state index in [9.17, 15) is 19.3 Å². The number of non-ortho nitro benzene ring substituents is 1. The zero-order valence-electron chi connectivity index (χ0n) is 10.9. The predicted octanol–water partition coefficient (Wildman–Crippen LogP) is 2.98. The number of benzene rings is 1. The van der Waals surface area contributed by atoms with E-state index in [-0.39, 0.29) is 17.4 Å². The fourth-order valence-electron chi connectivity index (χ4n) is 2.29. The Balaban J connectivity index is 2.23. The number of carbonyl (C=O) groups is 1. The summed E-state index contributed by atoms with van der Waals surface area (Å²) in [6.45, 7) is 3.13. The number of carbonyl (C=O) groups excluding carboxylic acids is 1. The van der Waals surface area contributed by atoms with Gasteiger partial charge in [0.15, 0.2) is 0 Å². The number of piperidine rings is 1. The van der Waals surface area contributed by atoms with E-state index in [2.05, 4.69) is 15.9 Å². The molecule has 0 aromatic heterocycles. The number of nitro benzene ring substituents is 1. The highest BCUT2D eigenvalue weighted by Crippen LogP contribution is 2.25. The Bertz CT molecular complexity index is 552. The minimum atomic E-state index is -0.772. The average molecular weight is 345 g/mol. The Kier molecular flexibility index (Phi) is 4.37. The number of likely N-dealkylation sites (tertiary alicyclic amines) is 1. The number of hydrogen-bond donors (Lipinski definition) is 0. The Morgan fingerprint density at radius 1 is 1.50 bits per heavy atom. The third-order valence-electron chi connectivity index (χ3n) is 3.43. The Morgan fingerprint density at radius 3 is 2.80 bits per heavy atom. The van der Waals surface area contributed by atoms with Crippen molar-refractivity contribution in [2.24, 2.45) is 5.92 Å². The van der Waals surface area contributed by atoms with Crippen molar-refractivity contribution >= 4 is 27.5 Å². The van der Waals surface area contributed by atoms with Crippen LogP contribution in [0.2, 0.25) is 0 Å². The second kappa shape index (κ2) is 5.87. The molecule has 1 saturated heterocycles. The fraction of sp³-hybridized carbons (Fsp3) is 0.462. The smallest absolute Gasteiger partial charge is 0.273 e. The van der Waals surface area contributed by atoms with Gasteiger partial charge in [-0.25, -0.2) is 4.39 Å². The molecule has 5 nitrogen and oxygen atoms in total. The molecule has 108 valence electrons. The highest BCUT2D eigenvalue weighted by atomic mass is 79.9. The van der Waals surface area contributed by atoms with E-state index in [0.29, 0.717) is 17.9 Å². The molecule has 0 bridgehead atoms. The fourth-order valence-corrected chi connectivity index (χ4v) is 2.66. The van der Waals surface area contributed by atoms with Crippen molar-refractivity contribution in [2.45, 2.75) is 18.2 Å². The molecular weight excluding hydrogens is 331 g/mol. The van der Waals surface area contributed by atoms with Crippen molar-refractivity contribution in [3.8, 4) is 0 Å². The van der Waals surface area contributed by atoms with E-state index in [0.717, 1.165) is 24.6 Å². The van der Waals surface area contributed by atoms with Gasteiger partial charge in [-0.1, -0.05) is 22.9 Å². The normalized spacial score (nSPS) is 22.6. The summed E-state index contributed by atoms with van der Waals surface area (Å²) in [6.07, 6.45) is 0.810. The number of halogens is 2. The Morgan fingerprint density at radius 2 is 2.20 bits per heavy atom. The van der Waals surface area contributed by atoms with Crippen LogP contribution in [0.25, 0.3) is 0 Å². The first-order valence-corrected chi connectivity index (χ1v) is 7.18. The molecular formula is C13H14BrFN2O3. The van der Waals surface area contributed by atoms with Crippen LogP contribution in [0.1, 0.15) is 23.7 Å². The van der Waals surface area contributed by atoms with E-state index < -0.39 is 16.4 Å². The van der Waals surface area contributed by atoms with Crippen LogP contribution in [0.15, 0.2) is 18.2 Å². The first-order chi connectivity index (χ1) is 9.38. The monoisotopic (exact) mass is 344 g/mol. The van der Waals surface area contributed by atoms with E-state index in [1.807, 2.05) is 6.92 Å². The summed E-state index contributed by atoms with van der Waals surface area (Å²) >= 11 is 3.54. The maximum Gasteiger partial charge on any atom is 0.273 e. The van der Waals surface area contributed by atoms with Crippen LogP contribution in [0.4, 0.5) is 10.1 Å². The highest BCUT2D eigenvalue weighted by Gasteiger charge is 2.28. The van der Waals surface area contributed by atoms with Gasteiger partial charge in [-0.15, -0.1) is 0 Å². The largest absolute Gasteiger partial charge is 0.338 e. The standard InChI is InChI=1S/C13H14BrFN2O3/c1-8-7-16(3-2-12(8)14)13(18)9-4-10(15)6-11(5-9)17(19)20/h4-6,8,12H,2-3,7H2,1H3. The SMILES string of the molecule is CC1CN(C(=O)c2cc(F)cc([N+](=O)[O-])c2)CCC1Br. The highest BCUT2D eigenvalue weighted by molar-refractivity contribution is 9.09. The topological polar surface area (TPSA) is 63.5 Å². The van der Waals surface area contributed by atoms with Crippen LogP contribution < -0.4 is 0 Å². The molecule has 1 aliphatic rings. The predicted molar refractivity (Wildman–Crippen MR) is 75.5 cm³/mol. The maximum atomic E-state index is 13.4. The Labute approximate surface area is 124 Å². The molecule has 1 fully saturated rings. The van der Waals surface area contributed by atoms with E-state index in [1.54, 1.807) is 4.90 Å². The molecule has 0 spiro atoms. The van der Waals surface area contributed by atoms with Crippen molar-refractivity contribution in [1.29, 1.82) is 0 Å². The lowest BCUT2D eigenvalue weighted by molar-refractivity contribution is -0.385. The molecule has 2 atom stereocenters. The van der Waals surface area contributed by atoms with Crippen LogP contribution in [0, 0.1) is 21.8 Å². The van der Waals surface area contributed by atoms with Crippen molar-refractivity contribution in [1.82, 2.24) is 4.90 Å². The van der Waals surface area contributed by atoms with Crippen LogP contribution in [-0.2, 0) is 0 Å². The number of alkyl halides is 1. The lowest BCUT2D eigenvalue weighted by Crippen LogP contribution is -2.43. The summed E-state index contributed by atoms with van der Waals surface area (Å²) in [5, 5.41) is 10.7. The van der Waals surface area contributed by atoms with E-state index >= 15 is 0 Å². The zero-order chi connectivity index (χ0) is 14.9. The van der Waals surface area contributed by atoms with E-state index in [4.69, 9.17) is 0 Å². The summed E-state index contributed by atoms with van der Waals surface area (Å²) in [5.41, 5.74) is -0.381. The molecule has 0 radical (unpaired) electrons. The Hall–Kier alpha value is -1.50. The average Bonchev–Trinajstić information content (AvgIpc) is 2.40. The van der Waals surface area contributed by atoms with Gasteiger partial charge < -0.3 is 4.90 Å². The van der Waals surface area contributed by atoms with Crippen LogP contribution in [-0.4, -0.2) is 33.6 Å². The number of nitro groups is 1. The van der Waals surface area contributed by atoms with Crippen LogP contribution in [0.5, 0.6) is 0 Å². The summed E-state index contributed by atoms with van der Waals surface area (Å²) in [7, 11) is 0. The van der Waals surface area contributed by atoms with Crippen LogP contribution in [0.3, 0.4) is 0 Å². The first kappa shape index (κ1) is 14.9. The number of amides is 1. The maximum absolute atomic E-state index is 13.4. The third kappa shape index (κ3) is 3.15. The lowest BCUT2D eigenvalue weighted by atomic mass is 9.99. The van der Waals surface area contributed by atoms with Gasteiger partial charge in [0.05, 0.1) is 11.0 Å². The van der Waals surface area contributed by atoms with Gasteiger partial charge >= 0.3 is 0 Å². The van der Waals surface area contributed by atoms with E-state index in [1.165, 1.54) is 0 Å². The summed E-state index contributed by atoms with van der Waals surface area (Å²) in [5.74, 6) is -0.846. The summed E-state index contributed by atoms with van der Waals surface area (Å²) in [6, 6.07) is 2.97. The summed E-state index contributed by atoms with van der Waals surface area (Å²) in [4.78, 5) is 24.3. The van der Waals surface area contributed by atoms with Gasteiger partial charge in [0.25, 0.3) is 11.6 Å². The van der Waals surface area contributed by atoms with Gasteiger partial charge in [0.2, 0.25) is 0 Å². The number of nitrogens with zero attached hydrogens (tertiary/aromatic N) is 2. The molecule has 0 saturated carbocycles. The number of hydrogen-bond acceptors (Lipinski definition) is 3. The number of rotatable bonds is 2. The molecule has 7 heteroatoms.